The van der Waals surface area contributed by atoms with Gasteiger partial charge in [-0.05, 0) is 90.0 Å². The van der Waals surface area contributed by atoms with Crippen molar-refractivity contribution in [2.24, 2.45) is 5.18 Å². The normalized spacial score (nSPS) is 13.0. The largest absolute Gasteiger partial charge is 0.482 e. The Morgan fingerprint density at radius 3 is 2.24 bits per heavy atom. The lowest BCUT2D eigenvalue weighted by atomic mass is 9.92. The molecule has 0 aliphatic heterocycles. The number of nitrogens with one attached hydrogen (secondary N) is 1. The molecule has 3 rings (SSSR count). The van der Waals surface area contributed by atoms with Gasteiger partial charge in [-0.3, -0.25) is 4.57 Å². The average Bonchev–Trinajstić information content (AvgIpc) is 2.84. The van der Waals surface area contributed by atoms with Gasteiger partial charge in [-0.15, -0.1) is 4.91 Å². The van der Waals surface area contributed by atoms with Gasteiger partial charge in [0.2, 0.25) is 0 Å². The van der Waals surface area contributed by atoms with Gasteiger partial charge in [0.15, 0.2) is 6.35 Å². The number of nitroso groups, excluding NO2 is 1. The van der Waals surface area contributed by atoms with Crippen molar-refractivity contribution in [1.82, 2.24) is 5.09 Å². The average molecular weight is 481 g/mol. The molecule has 1 N–H and O–H groups in total. The lowest BCUT2D eigenvalue weighted by Gasteiger charge is -2.19. The molecule has 0 aliphatic carbocycles. The molecule has 0 spiro atoms. The maximum Gasteiger partial charge on any atom is 0.306 e. The molecule has 0 fully saturated rings. The Kier molecular flexibility index (Phi) is 8.78. The van der Waals surface area contributed by atoms with Gasteiger partial charge in [-0.1, -0.05) is 56.3 Å². The SMILES string of the molecule is CNP(=O)(COc1cc(C)c(Cc2ccc(N=O)c(C(C)C)c2)c(C)c1)OCc1ccccc1. The number of nitrogens with zero attached hydrogens (tertiary/aromatic N) is 1. The summed E-state index contributed by atoms with van der Waals surface area (Å²) in [6, 6.07) is 19.4. The third-order valence-corrected chi connectivity index (χ3v) is 7.58. The molecule has 6 nitrogen and oxygen atoms in total. The van der Waals surface area contributed by atoms with E-state index in [2.05, 4.69) is 30.2 Å². The van der Waals surface area contributed by atoms with E-state index in [9.17, 15) is 9.47 Å². The zero-order valence-corrected chi connectivity index (χ0v) is 21.4. The summed E-state index contributed by atoms with van der Waals surface area (Å²) in [4.78, 5) is 11.1. The highest BCUT2D eigenvalue weighted by atomic mass is 31.2. The highest BCUT2D eigenvalue weighted by Crippen LogP contribution is 2.43. The molecule has 0 aliphatic rings. The summed E-state index contributed by atoms with van der Waals surface area (Å²) in [5.41, 5.74) is 6.91. The van der Waals surface area contributed by atoms with Crippen LogP contribution in [0.2, 0.25) is 0 Å². The predicted octanol–water partition coefficient (Wildman–Crippen LogP) is 7.38. The van der Waals surface area contributed by atoms with E-state index >= 15 is 0 Å². The quantitative estimate of drug-likeness (QED) is 0.229. The number of hydrogen-bond acceptors (Lipinski definition) is 5. The molecule has 1 unspecified atom stereocenters. The van der Waals surface area contributed by atoms with Gasteiger partial charge in [-0.2, -0.15) is 0 Å². The lowest BCUT2D eigenvalue weighted by Crippen LogP contribution is -2.14. The number of benzene rings is 3. The minimum absolute atomic E-state index is 0.0630. The number of aryl methyl sites for hydroxylation is 2. The zero-order valence-electron chi connectivity index (χ0n) is 20.5. The standard InChI is InChI=1S/C27H33N2O4P/c1-19(2)25-15-23(11-12-27(25)29-30)16-26-20(3)13-24(14-21(26)4)32-18-34(31,28-5)33-17-22-9-7-6-8-10-22/h6-15,19H,16-18H2,1-5H3,(H,28,31). The maximum absolute atomic E-state index is 13.1. The fourth-order valence-electron chi connectivity index (χ4n) is 3.86. The summed E-state index contributed by atoms with van der Waals surface area (Å²) in [6.45, 7) is 8.46. The second-order valence-corrected chi connectivity index (χ2v) is 11.1. The van der Waals surface area contributed by atoms with E-state index < -0.39 is 7.52 Å². The first-order valence-corrected chi connectivity index (χ1v) is 13.2. The second kappa shape index (κ2) is 11.6. The van der Waals surface area contributed by atoms with Crippen molar-refractivity contribution in [1.29, 1.82) is 0 Å². The molecule has 0 aromatic heterocycles. The number of rotatable bonds is 11. The van der Waals surface area contributed by atoms with Crippen molar-refractivity contribution >= 4 is 13.2 Å². The van der Waals surface area contributed by atoms with Crippen LogP contribution in [0.25, 0.3) is 0 Å². The lowest BCUT2D eigenvalue weighted by molar-refractivity contribution is 0.267. The molecule has 34 heavy (non-hydrogen) atoms. The summed E-state index contributed by atoms with van der Waals surface area (Å²) in [7, 11) is -1.54. The van der Waals surface area contributed by atoms with E-state index in [1.807, 2.05) is 62.4 Å². The summed E-state index contributed by atoms with van der Waals surface area (Å²) >= 11 is 0. The van der Waals surface area contributed by atoms with E-state index in [0.29, 0.717) is 11.4 Å². The zero-order chi connectivity index (χ0) is 24.7. The number of ether oxygens (including phenoxy) is 1. The minimum atomic E-state index is -3.16. The van der Waals surface area contributed by atoms with Crippen molar-refractivity contribution in [3.63, 3.8) is 0 Å². The minimum Gasteiger partial charge on any atom is -0.482 e. The van der Waals surface area contributed by atoms with Crippen LogP contribution < -0.4 is 9.82 Å². The molecule has 0 saturated carbocycles. The molecule has 0 radical (unpaired) electrons. The van der Waals surface area contributed by atoms with Crippen LogP contribution in [0, 0.1) is 18.8 Å². The van der Waals surface area contributed by atoms with Gasteiger partial charge < -0.3 is 9.26 Å². The molecule has 0 bridgehead atoms. The van der Waals surface area contributed by atoms with Crippen LogP contribution in [0.1, 0.15) is 53.1 Å². The first-order valence-electron chi connectivity index (χ1n) is 11.4. The molecular formula is C27H33N2O4P. The van der Waals surface area contributed by atoms with Crippen LogP contribution in [0.3, 0.4) is 0 Å². The molecule has 0 amide bonds. The molecule has 1 atom stereocenters. The molecule has 3 aromatic rings. The fourth-order valence-corrected chi connectivity index (χ4v) is 4.87. The van der Waals surface area contributed by atoms with Crippen molar-refractivity contribution < 1.29 is 13.8 Å². The molecule has 0 saturated heterocycles. The fraction of sp³-hybridized carbons (Fsp3) is 0.333. The van der Waals surface area contributed by atoms with Gasteiger partial charge in [0.1, 0.15) is 11.4 Å². The van der Waals surface area contributed by atoms with E-state index in [1.54, 1.807) is 13.1 Å². The first kappa shape index (κ1) is 25.8. The van der Waals surface area contributed by atoms with Crippen LogP contribution in [0.4, 0.5) is 5.69 Å². The second-order valence-electron chi connectivity index (χ2n) is 8.78. The van der Waals surface area contributed by atoms with Crippen LogP contribution in [-0.2, 0) is 22.1 Å². The number of hydrogen-bond donors (Lipinski definition) is 1. The van der Waals surface area contributed by atoms with E-state index in [4.69, 9.17) is 9.26 Å². The van der Waals surface area contributed by atoms with E-state index in [-0.39, 0.29) is 18.9 Å². The van der Waals surface area contributed by atoms with Crippen LogP contribution in [0.15, 0.2) is 65.8 Å². The van der Waals surface area contributed by atoms with Crippen molar-refractivity contribution in [3.05, 3.63) is 99.0 Å². The van der Waals surface area contributed by atoms with Gasteiger partial charge in [0, 0.05) is 0 Å². The Morgan fingerprint density at radius 2 is 1.65 bits per heavy atom. The van der Waals surface area contributed by atoms with Crippen LogP contribution >= 0.6 is 7.52 Å². The topological polar surface area (TPSA) is 77.0 Å². The van der Waals surface area contributed by atoms with E-state index in [0.717, 1.165) is 34.2 Å². The maximum atomic E-state index is 13.1. The predicted molar refractivity (Wildman–Crippen MR) is 138 cm³/mol. The molecular weight excluding hydrogens is 447 g/mol. The first-order chi connectivity index (χ1) is 16.2. The third-order valence-electron chi connectivity index (χ3n) is 5.89. The van der Waals surface area contributed by atoms with Crippen molar-refractivity contribution in [2.75, 3.05) is 13.4 Å². The Hall–Kier alpha value is -2.79. The molecule has 180 valence electrons. The van der Waals surface area contributed by atoms with Gasteiger partial charge in [0.05, 0.1) is 6.61 Å². The highest BCUT2D eigenvalue weighted by molar-refractivity contribution is 7.56. The smallest absolute Gasteiger partial charge is 0.306 e. The van der Waals surface area contributed by atoms with Crippen LogP contribution in [-0.4, -0.2) is 13.4 Å². The van der Waals surface area contributed by atoms with Gasteiger partial charge in [-0.25, -0.2) is 5.09 Å². The Balaban J connectivity index is 1.71. The third kappa shape index (κ3) is 6.63. The van der Waals surface area contributed by atoms with Gasteiger partial charge >= 0.3 is 7.52 Å². The summed E-state index contributed by atoms with van der Waals surface area (Å²) in [5.74, 6) is 0.874. The summed E-state index contributed by atoms with van der Waals surface area (Å²) in [6.07, 6.45) is 0.679. The Labute approximate surface area is 202 Å². The van der Waals surface area contributed by atoms with Gasteiger partial charge in [0.25, 0.3) is 0 Å². The monoisotopic (exact) mass is 480 g/mol. The summed E-state index contributed by atoms with van der Waals surface area (Å²) in [5, 5.41) is 5.95. The molecule has 7 heteroatoms. The molecule has 0 heterocycles. The van der Waals surface area contributed by atoms with Crippen molar-refractivity contribution in [3.8, 4) is 5.75 Å². The highest BCUT2D eigenvalue weighted by Gasteiger charge is 2.22. The van der Waals surface area contributed by atoms with Crippen LogP contribution in [0.5, 0.6) is 5.75 Å². The van der Waals surface area contributed by atoms with E-state index in [1.165, 1.54) is 5.56 Å². The Morgan fingerprint density at radius 1 is 0.971 bits per heavy atom. The Bertz CT molecular complexity index is 1160. The summed E-state index contributed by atoms with van der Waals surface area (Å²) < 4.78 is 24.6. The van der Waals surface area contributed by atoms with Crippen molar-refractivity contribution in [2.45, 2.75) is 46.6 Å². The molecule has 3 aromatic carbocycles.